The number of epoxide rings is 1. The lowest BCUT2D eigenvalue weighted by molar-refractivity contribution is 0.142. The third kappa shape index (κ3) is 0.834. The second kappa shape index (κ2) is 2.03. The van der Waals surface area contributed by atoms with E-state index in [1.807, 2.05) is 0 Å². The van der Waals surface area contributed by atoms with E-state index in [1.165, 1.54) is 0 Å². The second-order valence-corrected chi connectivity index (χ2v) is 4.88. The van der Waals surface area contributed by atoms with Crippen LogP contribution < -0.4 is 0 Å². The fraction of sp³-hybridized carbons (Fsp3) is 0.900. The maximum atomic E-state index is 9.06. The standard InChI is InChI=1S/C10H15NO/c1-9(2)5-4-8-10(3,12-8)7(9)6-11/h7-8H,4-5H2,1-3H3/t7-,8+,10-/m1/s1. The van der Waals surface area contributed by atoms with Gasteiger partial charge in [0.2, 0.25) is 0 Å². The molecule has 0 bridgehead atoms. The van der Waals surface area contributed by atoms with Crippen molar-refractivity contribution in [1.82, 2.24) is 0 Å². The van der Waals surface area contributed by atoms with Crippen LogP contribution in [0.15, 0.2) is 0 Å². The zero-order chi connectivity index (χ0) is 8.98. The summed E-state index contributed by atoms with van der Waals surface area (Å²) < 4.78 is 5.58. The summed E-state index contributed by atoms with van der Waals surface area (Å²) in [6.45, 7) is 6.42. The first-order chi connectivity index (χ1) is 5.50. The van der Waals surface area contributed by atoms with Gasteiger partial charge in [-0.15, -0.1) is 0 Å². The minimum absolute atomic E-state index is 0.0729. The molecule has 0 aromatic heterocycles. The Hall–Kier alpha value is -0.550. The summed E-state index contributed by atoms with van der Waals surface area (Å²) >= 11 is 0. The Balaban J connectivity index is 2.29. The summed E-state index contributed by atoms with van der Waals surface area (Å²) in [6.07, 6.45) is 2.61. The highest BCUT2D eigenvalue weighted by Crippen LogP contribution is 2.57. The lowest BCUT2D eigenvalue weighted by Crippen LogP contribution is -2.39. The number of rotatable bonds is 0. The minimum atomic E-state index is -0.115. The lowest BCUT2D eigenvalue weighted by atomic mass is 9.65. The van der Waals surface area contributed by atoms with Crippen LogP contribution in [-0.2, 0) is 4.74 Å². The number of fused-ring (bicyclic) bond motifs is 1. The van der Waals surface area contributed by atoms with E-state index in [4.69, 9.17) is 10.00 Å². The van der Waals surface area contributed by atoms with Crippen molar-refractivity contribution in [3.63, 3.8) is 0 Å². The van der Waals surface area contributed by atoms with Gasteiger partial charge in [0.15, 0.2) is 0 Å². The summed E-state index contributed by atoms with van der Waals surface area (Å²) in [5.41, 5.74) is 0.0208. The summed E-state index contributed by atoms with van der Waals surface area (Å²) in [7, 11) is 0. The molecule has 0 unspecified atom stereocenters. The molecule has 2 aliphatic rings. The number of nitriles is 1. The molecular weight excluding hydrogens is 150 g/mol. The highest BCUT2D eigenvalue weighted by atomic mass is 16.6. The molecule has 1 heterocycles. The molecule has 0 amide bonds. The van der Waals surface area contributed by atoms with Crippen LogP contribution in [-0.4, -0.2) is 11.7 Å². The minimum Gasteiger partial charge on any atom is -0.365 e. The Labute approximate surface area is 73.5 Å². The third-order valence-electron chi connectivity index (χ3n) is 3.51. The average molecular weight is 165 g/mol. The Morgan fingerprint density at radius 2 is 2.08 bits per heavy atom. The van der Waals surface area contributed by atoms with Crippen LogP contribution in [0, 0.1) is 22.7 Å². The number of ether oxygens (including phenoxy) is 1. The first kappa shape index (κ1) is 8.07. The summed E-state index contributed by atoms with van der Waals surface area (Å²) in [6, 6.07) is 2.40. The van der Waals surface area contributed by atoms with Crippen LogP contribution in [0.5, 0.6) is 0 Å². The van der Waals surface area contributed by atoms with E-state index in [2.05, 4.69) is 26.8 Å². The Morgan fingerprint density at radius 1 is 1.42 bits per heavy atom. The molecule has 0 radical (unpaired) electrons. The van der Waals surface area contributed by atoms with E-state index < -0.39 is 0 Å². The van der Waals surface area contributed by atoms with Crippen molar-refractivity contribution in [1.29, 1.82) is 5.26 Å². The molecule has 2 rings (SSSR count). The van der Waals surface area contributed by atoms with Crippen LogP contribution in [0.3, 0.4) is 0 Å². The van der Waals surface area contributed by atoms with E-state index in [9.17, 15) is 0 Å². The Bertz CT molecular complexity index is 248. The van der Waals surface area contributed by atoms with Crippen LogP contribution in [0.2, 0.25) is 0 Å². The molecule has 2 heteroatoms. The van der Waals surface area contributed by atoms with Gasteiger partial charge >= 0.3 is 0 Å². The number of hydrogen-bond acceptors (Lipinski definition) is 2. The third-order valence-corrected chi connectivity index (χ3v) is 3.51. The maximum absolute atomic E-state index is 9.06. The predicted molar refractivity (Wildman–Crippen MR) is 45.4 cm³/mol. The molecule has 1 aliphatic carbocycles. The van der Waals surface area contributed by atoms with Gasteiger partial charge in [0, 0.05) is 0 Å². The topological polar surface area (TPSA) is 36.3 Å². The predicted octanol–water partition coefficient (Wildman–Crippen LogP) is 2.10. The van der Waals surface area contributed by atoms with Gasteiger partial charge in [-0.25, -0.2) is 0 Å². The van der Waals surface area contributed by atoms with Crippen molar-refractivity contribution in [2.24, 2.45) is 11.3 Å². The van der Waals surface area contributed by atoms with Crippen molar-refractivity contribution in [3.05, 3.63) is 0 Å². The van der Waals surface area contributed by atoms with Gasteiger partial charge in [-0.1, -0.05) is 13.8 Å². The summed E-state index contributed by atoms with van der Waals surface area (Å²) in [4.78, 5) is 0. The molecule has 3 atom stereocenters. The van der Waals surface area contributed by atoms with Gasteiger partial charge < -0.3 is 4.74 Å². The Kier molecular flexibility index (Phi) is 1.36. The molecule has 0 aromatic carbocycles. The SMILES string of the molecule is CC1(C)CC[C@@H]2O[C@]2(C)[C@@H]1C#N. The molecule has 0 spiro atoms. The molecule has 1 saturated heterocycles. The fourth-order valence-electron chi connectivity index (χ4n) is 2.60. The molecule has 12 heavy (non-hydrogen) atoms. The monoisotopic (exact) mass is 165 g/mol. The normalized spacial score (nSPS) is 49.2. The zero-order valence-electron chi connectivity index (χ0n) is 7.92. The lowest BCUT2D eigenvalue weighted by Gasteiger charge is -2.35. The van der Waals surface area contributed by atoms with Crippen LogP contribution in [0.4, 0.5) is 0 Å². The smallest absolute Gasteiger partial charge is 0.108 e. The fourth-order valence-corrected chi connectivity index (χ4v) is 2.60. The Morgan fingerprint density at radius 3 is 2.58 bits per heavy atom. The van der Waals surface area contributed by atoms with Crippen molar-refractivity contribution in [2.45, 2.75) is 45.3 Å². The van der Waals surface area contributed by atoms with Crippen LogP contribution >= 0.6 is 0 Å². The first-order valence-electron chi connectivity index (χ1n) is 4.58. The van der Waals surface area contributed by atoms with E-state index in [1.54, 1.807) is 0 Å². The molecule has 2 fully saturated rings. The average Bonchev–Trinajstić information content (AvgIpc) is 2.59. The largest absolute Gasteiger partial charge is 0.365 e. The maximum Gasteiger partial charge on any atom is 0.108 e. The number of nitrogens with zero attached hydrogens (tertiary/aromatic N) is 1. The summed E-state index contributed by atoms with van der Waals surface area (Å²) in [5.74, 6) is 0.0729. The van der Waals surface area contributed by atoms with Crippen molar-refractivity contribution in [2.75, 3.05) is 0 Å². The molecule has 1 aliphatic heterocycles. The highest BCUT2D eigenvalue weighted by molar-refractivity contribution is 5.18. The van der Waals surface area contributed by atoms with Crippen molar-refractivity contribution >= 4 is 0 Å². The number of hydrogen-bond donors (Lipinski definition) is 0. The van der Waals surface area contributed by atoms with Crippen molar-refractivity contribution in [3.8, 4) is 6.07 Å². The molecule has 0 aromatic rings. The van der Waals surface area contributed by atoms with Gasteiger partial charge in [-0.05, 0) is 25.2 Å². The van der Waals surface area contributed by atoms with E-state index >= 15 is 0 Å². The molecule has 66 valence electrons. The van der Waals surface area contributed by atoms with Gasteiger partial charge in [0.1, 0.15) is 5.60 Å². The summed E-state index contributed by atoms with van der Waals surface area (Å²) in [5, 5.41) is 9.06. The van der Waals surface area contributed by atoms with Crippen molar-refractivity contribution < 1.29 is 4.74 Å². The van der Waals surface area contributed by atoms with Gasteiger partial charge in [0.05, 0.1) is 18.1 Å². The van der Waals surface area contributed by atoms with Gasteiger partial charge in [-0.2, -0.15) is 5.26 Å². The van der Waals surface area contributed by atoms with Gasteiger partial charge in [0.25, 0.3) is 0 Å². The molecular formula is C10H15NO. The second-order valence-electron chi connectivity index (χ2n) is 4.88. The molecule has 0 N–H and O–H groups in total. The molecule has 2 nitrogen and oxygen atoms in total. The van der Waals surface area contributed by atoms with E-state index in [0.29, 0.717) is 6.10 Å². The zero-order valence-corrected chi connectivity index (χ0v) is 7.92. The van der Waals surface area contributed by atoms with Crippen LogP contribution in [0.1, 0.15) is 33.6 Å². The van der Waals surface area contributed by atoms with E-state index in [0.717, 1.165) is 12.8 Å². The quantitative estimate of drug-likeness (QED) is 0.515. The highest BCUT2D eigenvalue weighted by Gasteiger charge is 2.64. The van der Waals surface area contributed by atoms with E-state index in [-0.39, 0.29) is 16.9 Å². The van der Waals surface area contributed by atoms with Gasteiger partial charge in [-0.3, -0.25) is 0 Å². The van der Waals surface area contributed by atoms with Crippen LogP contribution in [0.25, 0.3) is 0 Å². The first-order valence-corrected chi connectivity index (χ1v) is 4.58. The molecule has 1 saturated carbocycles.